The Bertz CT molecular complexity index is 2580. The Morgan fingerprint density at radius 1 is 0.702 bits per heavy atom. The quantitative estimate of drug-likeness (QED) is 0.106. The number of hydrogen-bond acceptors (Lipinski definition) is 3. The second kappa shape index (κ2) is 18.4. The molecule has 5 aromatic carbocycles. The molecule has 1 radical (unpaired) electrons. The van der Waals surface area contributed by atoms with Gasteiger partial charge in [0.25, 0.3) is 0 Å². The van der Waals surface area contributed by atoms with Crippen molar-refractivity contribution in [3.8, 4) is 44.8 Å². The Hall–Kier alpha value is -4.51. The summed E-state index contributed by atoms with van der Waals surface area (Å²) in [5.74, 6) is 1.08. The molecule has 0 bridgehead atoms. The van der Waals surface area contributed by atoms with Crippen molar-refractivity contribution in [2.45, 2.75) is 78.9 Å². The molecule has 0 aliphatic rings. The molecular weight excluding hydrogens is 905 g/mol. The molecule has 291 valence electrons. The summed E-state index contributed by atoms with van der Waals surface area (Å²) in [6, 6.07) is 50.1. The second-order valence-electron chi connectivity index (χ2n) is 16.1. The van der Waals surface area contributed by atoms with Crippen molar-refractivity contribution in [2.75, 3.05) is 0 Å². The predicted octanol–water partition coefficient (Wildman–Crippen LogP) is 14.7. The van der Waals surface area contributed by atoms with E-state index >= 15 is 0 Å². The van der Waals surface area contributed by atoms with Crippen LogP contribution in [0, 0.1) is 19.1 Å². The van der Waals surface area contributed by atoms with Crippen LogP contribution in [0.1, 0.15) is 69.1 Å². The van der Waals surface area contributed by atoms with Crippen molar-refractivity contribution in [1.82, 2.24) is 9.97 Å². The van der Waals surface area contributed by atoms with Crippen molar-refractivity contribution in [1.29, 1.82) is 0 Å². The smallest absolute Gasteiger partial charge is 0.0799 e. The van der Waals surface area contributed by atoms with Crippen molar-refractivity contribution in [3.63, 3.8) is 0 Å². The molecular formula is C52H52IrN2SSi-2. The number of hydrogen-bond donors (Lipinski definition) is 0. The van der Waals surface area contributed by atoms with Crippen LogP contribution in [0.2, 0.25) is 19.6 Å². The molecule has 0 spiro atoms. The van der Waals surface area contributed by atoms with Gasteiger partial charge in [0.05, 0.1) is 8.07 Å². The molecule has 0 aliphatic heterocycles. The third kappa shape index (κ3) is 9.29. The number of rotatable bonds is 9. The van der Waals surface area contributed by atoms with E-state index in [0.717, 1.165) is 35.4 Å². The van der Waals surface area contributed by atoms with Crippen LogP contribution in [-0.4, -0.2) is 18.0 Å². The van der Waals surface area contributed by atoms with Gasteiger partial charge in [-0.15, -0.1) is 53.1 Å². The molecule has 0 saturated heterocycles. The van der Waals surface area contributed by atoms with Crippen LogP contribution in [0.25, 0.3) is 64.9 Å². The van der Waals surface area contributed by atoms with Crippen LogP contribution in [0.5, 0.6) is 0 Å². The molecule has 3 aromatic heterocycles. The summed E-state index contributed by atoms with van der Waals surface area (Å²) >= 11 is 1.85. The third-order valence-corrected chi connectivity index (χ3v) is 14.1. The van der Waals surface area contributed by atoms with Gasteiger partial charge in [0.15, 0.2) is 0 Å². The standard InChI is InChI=1S/C28H24NS.C24H28NSi.Ir/c1-3-19(4-2)22-15-16-29-26(17-22)25-12-8-11-24-23-14-13-21(18-27(23)30-28(24)25)20-9-6-5-7-10-20;1-17(2)21-15-23(25-16-24(21)26(4,5)6)20-13-12-18(3)22(14-20)19-10-8-7-9-11-19;/h5-11,13-19H,3-4H2,1-2H3;7-12,14-17H,1-6H3;/q2*-1;. The molecule has 8 aromatic rings. The molecule has 5 heteroatoms. The van der Waals surface area contributed by atoms with Gasteiger partial charge in [-0.2, -0.15) is 11.3 Å². The molecule has 0 unspecified atom stereocenters. The molecule has 3 heterocycles. The van der Waals surface area contributed by atoms with Crippen LogP contribution < -0.4 is 5.19 Å². The summed E-state index contributed by atoms with van der Waals surface area (Å²) < 4.78 is 2.58. The van der Waals surface area contributed by atoms with Crippen LogP contribution >= 0.6 is 11.3 Å². The number of aromatic nitrogens is 2. The zero-order valence-electron chi connectivity index (χ0n) is 34.4. The van der Waals surface area contributed by atoms with Crippen LogP contribution in [0.3, 0.4) is 0 Å². The minimum atomic E-state index is -1.41. The van der Waals surface area contributed by atoms with Gasteiger partial charge in [0, 0.05) is 37.2 Å². The van der Waals surface area contributed by atoms with E-state index in [2.05, 4.69) is 188 Å². The molecule has 57 heavy (non-hydrogen) atoms. The first-order valence-electron chi connectivity index (χ1n) is 20.0. The summed E-state index contributed by atoms with van der Waals surface area (Å²) in [6.07, 6.45) is 6.38. The Kier molecular flexibility index (Phi) is 13.6. The first kappa shape index (κ1) is 42.1. The molecule has 0 N–H and O–H groups in total. The fourth-order valence-electron chi connectivity index (χ4n) is 7.70. The zero-order valence-corrected chi connectivity index (χ0v) is 38.6. The molecule has 0 fully saturated rings. The number of thiophene rings is 1. The van der Waals surface area contributed by atoms with Crippen LogP contribution in [0.15, 0.2) is 134 Å². The normalized spacial score (nSPS) is 11.5. The first-order valence-corrected chi connectivity index (χ1v) is 24.3. The number of pyridine rings is 2. The Labute approximate surface area is 358 Å². The van der Waals surface area contributed by atoms with Gasteiger partial charge in [-0.05, 0) is 80.2 Å². The average molecular weight is 957 g/mol. The second-order valence-corrected chi connectivity index (χ2v) is 22.2. The summed E-state index contributed by atoms with van der Waals surface area (Å²) in [7, 11) is -1.41. The van der Waals surface area contributed by atoms with E-state index in [0.29, 0.717) is 11.8 Å². The summed E-state index contributed by atoms with van der Waals surface area (Å²) in [5, 5.41) is 4.06. The van der Waals surface area contributed by atoms with E-state index in [1.165, 1.54) is 64.3 Å². The summed E-state index contributed by atoms with van der Waals surface area (Å²) in [6.45, 7) is 18.4. The van der Waals surface area contributed by atoms with Gasteiger partial charge in [0.1, 0.15) is 0 Å². The maximum atomic E-state index is 4.83. The van der Waals surface area contributed by atoms with Gasteiger partial charge in [0.2, 0.25) is 0 Å². The maximum Gasteiger partial charge on any atom is 0.0799 e. The monoisotopic (exact) mass is 957 g/mol. The van der Waals surface area contributed by atoms with E-state index < -0.39 is 8.07 Å². The van der Waals surface area contributed by atoms with E-state index in [4.69, 9.17) is 9.97 Å². The topological polar surface area (TPSA) is 25.8 Å². The van der Waals surface area contributed by atoms with E-state index in [1.54, 1.807) is 0 Å². The minimum Gasteiger partial charge on any atom is -0.305 e. The fraction of sp³-hybridized carbons (Fsp3) is 0.231. The third-order valence-electron chi connectivity index (χ3n) is 10.9. The van der Waals surface area contributed by atoms with Gasteiger partial charge >= 0.3 is 0 Å². The Balaban J connectivity index is 0.000000192. The largest absolute Gasteiger partial charge is 0.305 e. The van der Waals surface area contributed by atoms with Gasteiger partial charge in [-0.25, -0.2) is 0 Å². The first-order chi connectivity index (χ1) is 27.0. The SMILES string of the molecule is CCC(CC)c1ccnc(-c2[c-]ccc3c2sc2cc(-c4ccccc4)ccc23)c1.Cc1c[c-]c(-c2cc(C(C)C)c([Si](C)(C)C)cn2)cc1-c1ccccc1.[Ir]. The summed E-state index contributed by atoms with van der Waals surface area (Å²) in [5.41, 5.74) is 13.3. The van der Waals surface area contributed by atoms with Gasteiger partial charge in [-0.3, -0.25) is 0 Å². The molecule has 8 rings (SSSR count). The number of benzene rings is 5. The predicted molar refractivity (Wildman–Crippen MR) is 246 cm³/mol. The van der Waals surface area contributed by atoms with Crippen molar-refractivity contribution >= 4 is 44.8 Å². The minimum absolute atomic E-state index is 0. The average Bonchev–Trinajstić information content (AvgIpc) is 3.60. The maximum absolute atomic E-state index is 4.83. The van der Waals surface area contributed by atoms with Crippen molar-refractivity contribution < 1.29 is 20.1 Å². The fourth-order valence-corrected chi connectivity index (χ4v) is 10.6. The van der Waals surface area contributed by atoms with Gasteiger partial charge in [-0.1, -0.05) is 161 Å². The molecule has 0 aliphatic carbocycles. The summed E-state index contributed by atoms with van der Waals surface area (Å²) in [4.78, 5) is 9.55. The number of nitrogens with zero attached hydrogens (tertiary/aromatic N) is 2. The molecule has 0 amide bonds. The Morgan fingerprint density at radius 3 is 2.07 bits per heavy atom. The van der Waals surface area contributed by atoms with Crippen LogP contribution in [0.4, 0.5) is 0 Å². The molecule has 0 saturated carbocycles. The number of aryl methyl sites for hydroxylation is 1. The van der Waals surface area contributed by atoms with Crippen molar-refractivity contribution in [2.24, 2.45) is 0 Å². The van der Waals surface area contributed by atoms with E-state index in [9.17, 15) is 0 Å². The van der Waals surface area contributed by atoms with Gasteiger partial charge < -0.3 is 9.97 Å². The zero-order chi connectivity index (χ0) is 39.4. The van der Waals surface area contributed by atoms with Crippen LogP contribution in [-0.2, 0) is 20.1 Å². The van der Waals surface area contributed by atoms with Crippen molar-refractivity contribution in [3.05, 3.63) is 163 Å². The molecule has 0 atom stereocenters. The Morgan fingerprint density at radius 2 is 1.40 bits per heavy atom. The van der Waals surface area contributed by atoms with E-state index in [-0.39, 0.29) is 20.1 Å². The molecule has 2 nitrogen and oxygen atoms in total. The number of fused-ring (bicyclic) bond motifs is 3. The van der Waals surface area contributed by atoms with E-state index in [1.807, 2.05) is 23.6 Å².